The maximum atomic E-state index is 10.4. The Morgan fingerprint density at radius 2 is 1.83 bits per heavy atom. The molecule has 9 heteroatoms. The van der Waals surface area contributed by atoms with Crippen LogP contribution < -0.4 is 10.2 Å². The minimum Gasteiger partial charge on any atom is -0.388 e. The third-order valence-corrected chi connectivity index (χ3v) is 5.40. The third kappa shape index (κ3) is 3.13. The van der Waals surface area contributed by atoms with Gasteiger partial charge in [0.2, 0.25) is 0 Å². The summed E-state index contributed by atoms with van der Waals surface area (Å²) in [5, 5.41) is 28.4. The van der Waals surface area contributed by atoms with Gasteiger partial charge in [-0.1, -0.05) is 24.3 Å². The van der Waals surface area contributed by atoms with Crippen molar-refractivity contribution < 1.29 is 14.9 Å². The monoisotopic (exact) mass is 406 g/mol. The Morgan fingerprint density at radius 1 is 1.03 bits per heavy atom. The fraction of sp³-hybridized carbons (Fsp3) is 0.286. The SMILES string of the molecule is C[C@H]1O[C@@H](n2ncc3c2N=CN(c2ccccc2)C3Nc2ccccn2)[C@@H](O)[C@H]1O. The van der Waals surface area contributed by atoms with Crippen LogP contribution in [0.25, 0.3) is 0 Å². The number of nitrogens with one attached hydrogen (secondary N) is 1. The second-order valence-electron chi connectivity index (χ2n) is 7.33. The van der Waals surface area contributed by atoms with E-state index in [9.17, 15) is 10.2 Å². The Balaban J connectivity index is 1.55. The van der Waals surface area contributed by atoms with E-state index in [0.717, 1.165) is 11.3 Å². The number of para-hydroxylation sites is 1. The summed E-state index contributed by atoms with van der Waals surface area (Å²) >= 11 is 0. The number of rotatable bonds is 4. The standard InChI is InChI=1S/C21H22N6O3/c1-13-17(28)18(29)21(30-13)27-19-15(11-24-27)20(25-16-9-5-6-10-22-16)26(12-23-19)14-7-3-2-4-8-14/h2-13,17-18,20-21,28-29H,1H3,(H,22,25)/t13-,17+,18+,20?,21-/m1/s1. The number of hydrogen-bond acceptors (Lipinski definition) is 8. The Morgan fingerprint density at radius 3 is 2.53 bits per heavy atom. The maximum absolute atomic E-state index is 10.4. The van der Waals surface area contributed by atoms with E-state index in [4.69, 9.17) is 4.74 Å². The average Bonchev–Trinajstić information content (AvgIpc) is 3.32. The minimum absolute atomic E-state index is 0.329. The zero-order valence-electron chi connectivity index (χ0n) is 16.3. The van der Waals surface area contributed by atoms with E-state index in [1.54, 1.807) is 25.7 Å². The largest absolute Gasteiger partial charge is 0.388 e. The fourth-order valence-corrected chi connectivity index (χ4v) is 3.80. The zero-order chi connectivity index (χ0) is 20.7. The highest BCUT2D eigenvalue weighted by atomic mass is 16.6. The van der Waals surface area contributed by atoms with Gasteiger partial charge in [0.25, 0.3) is 0 Å². The first-order chi connectivity index (χ1) is 14.6. The molecule has 4 heterocycles. The van der Waals surface area contributed by atoms with Crippen molar-refractivity contribution in [3.8, 4) is 0 Å². The molecule has 1 aromatic carbocycles. The van der Waals surface area contributed by atoms with Gasteiger partial charge in [-0.3, -0.25) is 0 Å². The van der Waals surface area contributed by atoms with Crippen molar-refractivity contribution in [2.45, 2.75) is 37.6 Å². The van der Waals surface area contributed by atoms with E-state index >= 15 is 0 Å². The van der Waals surface area contributed by atoms with Crippen LogP contribution in [-0.2, 0) is 4.74 Å². The summed E-state index contributed by atoms with van der Waals surface area (Å²) in [5.74, 6) is 1.26. The number of aliphatic imine (C=N–C) groups is 1. The van der Waals surface area contributed by atoms with E-state index in [1.807, 2.05) is 53.4 Å². The molecule has 0 radical (unpaired) electrons. The number of fused-ring (bicyclic) bond motifs is 1. The van der Waals surface area contributed by atoms with Crippen LogP contribution in [0.1, 0.15) is 24.9 Å². The van der Waals surface area contributed by atoms with Gasteiger partial charge in [-0.25, -0.2) is 14.7 Å². The van der Waals surface area contributed by atoms with Crippen LogP contribution in [0.5, 0.6) is 0 Å². The molecule has 9 nitrogen and oxygen atoms in total. The first-order valence-electron chi connectivity index (χ1n) is 9.77. The molecule has 0 spiro atoms. The molecule has 5 rings (SSSR count). The van der Waals surface area contributed by atoms with Gasteiger partial charge in [0.1, 0.15) is 24.2 Å². The van der Waals surface area contributed by atoms with Crippen LogP contribution >= 0.6 is 0 Å². The lowest BCUT2D eigenvalue weighted by Crippen LogP contribution is -2.35. The van der Waals surface area contributed by atoms with Crippen molar-refractivity contribution in [2.24, 2.45) is 4.99 Å². The number of pyridine rings is 1. The predicted octanol–water partition coefficient (Wildman–Crippen LogP) is 2.21. The summed E-state index contributed by atoms with van der Waals surface area (Å²) in [5.41, 5.74) is 1.76. The summed E-state index contributed by atoms with van der Waals surface area (Å²) in [6.45, 7) is 1.72. The van der Waals surface area contributed by atoms with Crippen LogP contribution in [0.3, 0.4) is 0 Å². The van der Waals surface area contributed by atoms with Gasteiger partial charge in [0.05, 0.1) is 24.2 Å². The van der Waals surface area contributed by atoms with E-state index in [1.165, 1.54) is 4.68 Å². The van der Waals surface area contributed by atoms with Crippen molar-refractivity contribution in [1.82, 2.24) is 14.8 Å². The minimum atomic E-state index is -1.09. The van der Waals surface area contributed by atoms with Crippen LogP contribution in [0.2, 0.25) is 0 Å². The van der Waals surface area contributed by atoms with Gasteiger partial charge >= 0.3 is 0 Å². The van der Waals surface area contributed by atoms with Gasteiger partial charge < -0.3 is 25.2 Å². The molecular formula is C21H22N6O3. The molecule has 2 aliphatic rings. The number of aromatic nitrogens is 3. The van der Waals surface area contributed by atoms with Gasteiger partial charge in [0.15, 0.2) is 12.0 Å². The molecule has 5 atom stereocenters. The van der Waals surface area contributed by atoms with E-state index < -0.39 is 24.5 Å². The summed E-state index contributed by atoms with van der Waals surface area (Å²) < 4.78 is 7.27. The number of benzene rings is 1. The lowest BCUT2D eigenvalue weighted by Gasteiger charge is -2.33. The molecule has 3 N–H and O–H groups in total. The van der Waals surface area contributed by atoms with Crippen LogP contribution in [0.4, 0.5) is 17.3 Å². The highest BCUT2D eigenvalue weighted by Gasteiger charge is 2.43. The quantitative estimate of drug-likeness (QED) is 0.610. The Kier molecular flexibility index (Phi) is 4.70. The topological polar surface area (TPSA) is 108 Å². The lowest BCUT2D eigenvalue weighted by atomic mass is 10.1. The van der Waals surface area contributed by atoms with Crippen LogP contribution in [0, 0.1) is 0 Å². The number of aliphatic hydroxyl groups is 2. The van der Waals surface area contributed by atoms with Gasteiger partial charge in [-0.05, 0) is 31.2 Å². The van der Waals surface area contributed by atoms with Gasteiger partial charge in [-0.15, -0.1) is 0 Å². The molecule has 2 aromatic heterocycles. The molecule has 1 saturated heterocycles. The molecular weight excluding hydrogens is 384 g/mol. The number of aliphatic hydroxyl groups excluding tert-OH is 2. The highest BCUT2D eigenvalue weighted by molar-refractivity contribution is 5.85. The summed E-state index contributed by atoms with van der Waals surface area (Å²) in [4.78, 5) is 11.0. The molecule has 2 aliphatic heterocycles. The molecule has 0 amide bonds. The van der Waals surface area contributed by atoms with Crippen molar-refractivity contribution in [3.63, 3.8) is 0 Å². The molecule has 0 saturated carbocycles. The van der Waals surface area contributed by atoms with Crippen LogP contribution in [0.15, 0.2) is 65.9 Å². The van der Waals surface area contributed by atoms with E-state index in [2.05, 4.69) is 20.4 Å². The second-order valence-corrected chi connectivity index (χ2v) is 7.33. The molecule has 3 aromatic rings. The first-order valence-corrected chi connectivity index (χ1v) is 9.77. The van der Waals surface area contributed by atoms with E-state index in [0.29, 0.717) is 11.6 Å². The molecule has 1 fully saturated rings. The van der Waals surface area contributed by atoms with Crippen molar-refractivity contribution in [1.29, 1.82) is 0 Å². The number of ether oxygens (including phenoxy) is 1. The molecule has 30 heavy (non-hydrogen) atoms. The Bertz CT molecular complexity index is 1040. The van der Waals surface area contributed by atoms with Crippen molar-refractivity contribution >= 4 is 23.7 Å². The molecule has 154 valence electrons. The Labute approximate surface area is 173 Å². The predicted molar refractivity (Wildman–Crippen MR) is 111 cm³/mol. The van der Waals surface area contributed by atoms with Crippen molar-refractivity contribution in [2.75, 3.05) is 10.2 Å². The summed E-state index contributed by atoms with van der Waals surface area (Å²) in [7, 11) is 0. The molecule has 0 bridgehead atoms. The molecule has 1 unspecified atom stereocenters. The lowest BCUT2D eigenvalue weighted by molar-refractivity contribution is -0.0385. The fourth-order valence-electron chi connectivity index (χ4n) is 3.80. The second kappa shape index (κ2) is 7.52. The van der Waals surface area contributed by atoms with Gasteiger partial charge in [-0.2, -0.15) is 5.10 Å². The Hall–Kier alpha value is -3.27. The zero-order valence-corrected chi connectivity index (χ0v) is 16.3. The van der Waals surface area contributed by atoms with Gasteiger partial charge in [0, 0.05) is 11.9 Å². The number of hydrogen-bond donors (Lipinski definition) is 3. The van der Waals surface area contributed by atoms with Crippen LogP contribution in [-0.4, -0.2) is 49.6 Å². The number of nitrogens with zero attached hydrogens (tertiary/aromatic N) is 5. The smallest absolute Gasteiger partial charge is 0.181 e. The summed E-state index contributed by atoms with van der Waals surface area (Å²) in [6.07, 6.45) is 1.44. The third-order valence-electron chi connectivity index (χ3n) is 5.40. The summed E-state index contributed by atoms with van der Waals surface area (Å²) in [6, 6.07) is 15.5. The molecule has 0 aliphatic carbocycles. The maximum Gasteiger partial charge on any atom is 0.181 e. The average molecular weight is 406 g/mol. The first kappa shape index (κ1) is 18.7. The van der Waals surface area contributed by atoms with Crippen molar-refractivity contribution in [3.05, 3.63) is 66.5 Å². The highest BCUT2D eigenvalue weighted by Crippen LogP contribution is 2.40. The number of anilines is 2. The normalized spacial score (nSPS) is 27.8. The van der Waals surface area contributed by atoms with E-state index in [-0.39, 0.29) is 6.17 Å².